The lowest BCUT2D eigenvalue weighted by Crippen LogP contribution is -2.36. The van der Waals surface area contributed by atoms with Crippen molar-refractivity contribution in [2.75, 3.05) is 13.1 Å². The van der Waals surface area contributed by atoms with Crippen LogP contribution < -0.4 is 0 Å². The van der Waals surface area contributed by atoms with Gasteiger partial charge in [-0.05, 0) is 46.8 Å². The van der Waals surface area contributed by atoms with Gasteiger partial charge in [-0.1, -0.05) is 59.3 Å². The number of rotatable bonds is 7. The third-order valence-corrected chi connectivity index (χ3v) is 5.97. The standard InChI is InChI=1S/C23H28N4OS/c1-6-26(7-2)22(28)18(5)29-23-25-24-21(19-12-8-16(3)9-13-19)27(23)20-14-10-17(4)11-15-20/h8-15,18H,6-7H2,1-5H3. The Bertz CT molecular complexity index is 960. The van der Waals surface area contributed by atoms with Crippen LogP contribution >= 0.6 is 11.8 Å². The van der Waals surface area contributed by atoms with Crippen LogP contribution in [0.5, 0.6) is 0 Å². The van der Waals surface area contributed by atoms with E-state index in [0.29, 0.717) is 13.1 Å². The molecule has 0 N–H and O–H groups in total. The topological polar surface area (TPSA) is 51.0 Å². The van der Waals surface area contributed by atoms with Crippen molar-refractivity contribution in [1.29, 1.82) is 0 Å². The fourth-order valence-corrected chi connectivity index (χ4v) is 4.11. The number of carbonyl (C=O) groups is 1. The maximum Gasteiger partial charge on any atom is 0.235 e. The van der Waals surface area contributed by atoms with E-state index in [-0.39, 0.29) is 11.2 Å². The number of benzene rings is 2. The Morgan fingerprint density at radius 2 is 1.52 bits per heavy atom. The molecule has 152 valence electrons. The average molecular weight is 409 g/mol. The molecule has 0 saturated carbocycles. The molecule has 6 heteroatoms. The van der Waals surface area contributed by atoms with Crippen LogP contribution in [0.1, 0.15) is 31.9 Å². The Balaban J connectivity index is 2.02. The predicted octanol–water partition coefficient (Wildman–Crippen LogP) is 4.90. The number of hydrogen-bond donors (Lipinski definition) is 0. The number of nitrogens with zero attached hydrogens (tertiary/aromatic N) is 4. The fourth-order valence-electron chi connectivity index (χ4n) is 3.16. The summed E-state index contributed by atoms with van der Waals surface area (Å²) in [5.74, 6) is 0.897. The summed E-state index contributed by atoms with van der Waals surface area (Å²) >= 11 is 1.45. The first-order valence-corrected chi connectivity index (χ1v) is 10.9. The maximum atomic E-state index is 12.8. The molecule has 3 aromatic rings. The molecule has 3 rings (SSSR count). The highest BCUT2D eigenvalue weighted by atomic mass is 32.2. The van der Waals surface area contributed by atoms with Gasteiger partial charge < -0.3 is 4.90 Å². The molecule has 0 fully saturated rings. The molecule has 0 bridgehead atoms. The molecule has 1 amide bonds. The van der Waals surface area contributed by atoms with E-state index >= 15 is 0 Å². The molecule has 1 atom stereocenters. The lowest BCUT2D eigenvalue weighted by molar-refractivity contribution is -0.129. The molecule has 5 nitrogen and oxygen atoms in total. The Hall–Kier alpha value is -2.60. The van der Waals surface area contributed by atoms with Gasteiger partial charge in [0, 0.05) is 24.3 Å². The van der Waals surface area contributed by atoms with E-state index < -0.39 is 0 Å². The first kappa shape index (κ1) is 21.1. The Kier molecular flexibility index (Phi) is 6.75. The predicted molar refractivity (Wildman–Crippen MR) is 120 cm³/mol. The number of aromatic nitrogens is 3. The summed E-state index contributed by atoms with van der Waals surface area (Å²) in [6.07, 6.45) is 0. The average Bonchev–Trinajstić information content (AvgIpc) is 3.13. The lowest BCUT2D eigenvalue weighted by Gasteiger charge is -2.22. The molecule has 0 spiro atoms. The Labute approximate surface area is 177 Å². The number of hydrogen-bond acceptors (Lipinski definition) is 4. The van der Waals surface area contributed by atoms with Crippen LogP contribution in [0.2, 0.25) is 0 Å². The monoisotopic (exact) mass is 408 g/mol. The van der Waals surface area contributed by atoms with Gasteiger partial charge >= 0.3 is 0 Å². The van der Waals surface area contributed by atoms with E-state index in [2.05, 4.69) is 72.6 Å². The van der Waals surface area contributed by atoms with E-state index in [4.69, 9.17) is 0 Å². The van der Waals surface area contributed by atoms with Crippen LogP contribution in [-0.4, -0.2) is 43.9 Å². The van der Waals surface area contributed by atoms with E-state index in [1.807, 2.05) is 30.2 Å². The van der Waals surface area contributed by atoms with E-state index in [9.17, 15) is 4.79 Å². The summed E-state index contributed by atoms with van der Waals surface area (Å²) in [5.41, 5.74) is 4.38. The van der Waals surface area contributed by atoms with Gasteiger partial charge in [-0.25, -0.2) is 0 Å². The molecule has 1 unspecified atom stereocenters. The van der Waals surface area contributed by atoms with Crippen molar-refractivity contribution in [3.8, 4) is 17.1 Å². The zero-order chi connectivity index (χ0) is 21.0. The third kappa shape index (κ3) is 4.70. The van der Waals surface area contributed by atoms with E-state index in [1.165, 1.54) is 22.9 Å². The Morgan fingerprint density at radius 1 is 0.966 bits per heavy atom. The van der Waals surface area contributed by atoms with Gasteiger partial charge in [-0.2, -0.15) is 0 Å². The minimum absolute atomic E-state index is 0.121. The largest absolute Gasteiger partial charge is 0.342 e. The number of aryl methyl sites for hydroxylation is 2. The van der Waals surface area contributed by atoms with Gasteiger partial charge in [0.1, 0.15) is 0 Å². The molecule has 0 radical (unpaired) electrons. The number of thioether (sulfide) groups is 1. The molecule has 29 heavy (non-hydrogen) atoms. The summed E-state index contributed by atoms with van der Waals surface area (Å²) in [6, 6.07) is 16.5. The maximum absolute atomic E-state index is 12.8. The van der Waals surface area contributed by atoms with E-state index in [0.717, 1.165) is 22.2 Å². The highest BCUT2D eigenvalue weighted by Gasteiger charge is 2.24. The summed E-state index contributed by atoms with van der Waals surface area (Å²) in [6.45, 7) is 11.5. The van der Waals surface area contributed by atoms with Crippen molar-refractivity contribution in [3.05, 3.63) is 59.7 Å². The van der Waals surface area contributed by atoms with Crippen LogP contribution in [0, 0.1) is 13.8 Å². The molecule has 2 aromatic carbocycles. The second kappa shape index (κ2) is 9.27. The minimum atomic E-state index is -0.242. The van der Waals surface area contributed by atoms with Crippen LogP contribution in [0.25, 0.3) is 17.1 Å². The molecule has 1 heterocycles. The zero-order valence-electron chi connectivity index (χ0n) is 17.7. The second-order valence-electron chi connectivity index (χ2n) is 7.11. The summed E-state index contributed by atoms with van der Waals surface area (Å²) < 4.78 is 2.04. The molecule has 0 aliphatic heterocycles. The zero-order valence-corrected chi connectivity index (χ0v) is 18.5. The summed E-state index contributed by atoms with van der Waals surface area (Å²) in [4.78, 5) is 14.6. The molecule has 0 aliphatic carbocycles. The molecule has 0 aliphatic rings. The van der Waals surface area contributed by atoms with Crippen molar-refractivity contribution in [1.82, 2.24) is 19.7 Å². The quantitative estimate of drug-likeness (QED) is 0.522. The highest BCUT2D eigenvalue weighted by Crippen LogP contribution is 2.31. The van der Waals surface area contributed by atoms with Crippen LogP contribution in [-0.2, 0) is 4.79 Å². The van der Waals surface area contributed by atoms with Crippen molar-refractivity contribution in [2.45, 2.75) is 45.0 Å². The number of amides is 1. The lowest BCUT2D eigenvalue weighted by atomic mass is 10.1. The van der Waals surface area contributed by atoms with Gasteiger partial charge in [0.2, 0.25) is 5.91 Å². The van der Waals surface area contributed by atoms with Crippen molar-refractivity contribution < 1.29 is 4.79 Å². The van der Waals surface area contributed by atoms with E-state index in [1.54, 1.807) is 0 Å². The molecular weight excluding hydrogens is 380 g/mol. The SMILES string of the molecule is CCN(CC)C(=O)C(C)Sc1nnc(-c2ccc(C)cc2)n1-c1ccc(C)cc1. The number of carbonyl (C=O) groups excluding carboxylic acids is 1. The third-order valence-electron chi connectivity index (χ3n) is 4.94. The van der Waals surface area contributed by atoms with Crippen LogP contribution in [0.4, 0.5) is 0 Å². The van der Waals surface area contributed by atoms with Crippen molar-refractivity contribution in [3.63, 3.8) is 0 Å². The summed E-state index contributed by atoms with van der Waals surface area (Å²) in [5, 5.41) is 9.41. The highest BCUT2D eigenvalue weighted by molar-refractivity contribution is 8.00. The van der Waals surface area contributed by atoms with Gasteiger partial charge in [0.15, 0.2) is 11.0 Å². The minimum Gasteiger partial charge on any atom is -0.342 e. The fraction of sp³-hybridized carbons (Fsp3) is 0.348. The Morgan fingerprint density at radius 3 is 2.07 bits per heavy atom. The second-order valence-corrected chi connectivity index (χ2v) is 8.42. The van der Waals surface area contributed by atoms with Crippen molar-refractivity contribution in [2.24, 2.45) is 0 Å². The van der Waals surface area contributed by atoms with Crippen LogP contribution in [0.3, 0.4) is 0 Å². The van der Waals surface area contributed by atoms with Gasteiger partial charge in [-0.3, -0.25) is 9.36 Å². The normalized spacial score (nSPS) is 12.0. The first-order valence-electron chi connectivity index (χ1n) is 9.99. The van der Waals surface area contributed by atoms with Crippen LogP contribution in [0.15, 0.2) is 53.7 Å². The van der Waals surface area contributed by atoms with Gasteiger partial charge in [0.05, 0.1) is 5.25 Å². The van der Waals surface area contributed by atoms with Crippen molar-refractivity contribution >= 4 is 17.7 Å². The van der Waals surface area contributed by atoms with Gasteiger partial charge in [0.25, 0.3) is 0 Å². The smallest absolute Gasteiger partial charge is 0.235 e. The van der Waals surface area contributed by atoms with Gasteiger partial charge in [-0.15, -0.1) is 10.2 Å². The molecular formula is C23H28N4OS. The summed E-state index contributed by atoms with van der Waals surface area (Å²) in [7, 11) is 0. The molecule has 1 aromatic heterocycles. The first-order chi connectivity index (χ1) is 13.9. The molecule has 0 saturated heterocycles.